The number of fused-ring (bicyclic) bond motifs is 2. The van der Waals surface area contributed by atoms with E-state index in [4.69, 9.17) is 0 Å². The van der Waals surface area contributed by atoms with E-state index in [1.165, 1.54) is 23.1 Å². The standard InChI is InChI=1S/C25H20F3N3O5/c1-29-19-8-6-14(11-13(19)5-10-21(29)32)30-12-17(23(34)35)22(33)31(24(30)36)20-9-7-15-16(20)3-2-4-18(15)25(26,27)28/h2-4,6,8,11-12,20H,5,7,9-10H2,1H3,(H,34,35). The van der Waals surface area contributed by atoms with Crippen LogP contribution in [0, 0.1) is 0 Å². The lowest BCUT2D eigenvalue weighted by molar-refractivity contribution is -0.138. The van der Waals surface area contributed by atoms with E-state index < -0.39 is 40.6 Å². The SMILES string of the molecule is CN1C(=O)CCc2cc(-n3cc(C(=O)O)c(=O)n(C4CCc5c4cccc5C(F)(F)F)c3=O)ccc21. The zero-order chi connectivity index (χ0) is 25.9. The van der Waals surface area contributed by atoms with Crippen molar-refractivity contribution >= 4 is 17.6 Å². The Bertz CT molecular complexity index is 1550. The predicted octanol–water partition coefficient (Wildman–Crippen LogP) is 3.16. The molecule has 2 aromatic carbocycles. The first-order chi connectivity index (χ1) is 17.0. The highest BCUT2D eigenvalue weighted by Gasteiger charge is 2.38. The summed E-state index contributed by atoms with van der Waals surface area (Å²) < 4.78 is 42.4. The van der Waals surface area contributed by atoms with Crippen LogP contribution in [0.4, 0.5) is 18.9 Å². The Morgan fingerprint density at radius 2 is 1.81 bits per heavy atom. The molecule has 0 bridgehead atoms. The highest BCUT2D eigenvalue weighted by molar-refractivity contribution is 5.96. The van der Waals surface area contributed by atoms with E-state index in [2.05, 4.69) is 0 Å². The van der Waals surface area contributed by atoms with Gasteiger partial charge in [-0.15, -0.1) is 0 Å². The Balaban J connectivity index is 1.71. The summed E-state index contributed by atoms with van der Waals surface area (Å²) in [7, 11) is 1.63. The molecule has 2 aliphatic rings. The van der Waals surface area contributed by atoms with Gasteiger partial charge in [-0.3, -0.25) is 18.7 Å². The second-order valence-corrected chi connectivity index (χ2v) is 8.87. The number of carboxylic acid groups (broad SMARTS) is 1. The number of aromatic carboxylic acids is 1. The number of carbonyl (C=O) groups is 2. The van der Waals surface area contributed by atoms with Crippen LogP contribution in [0.15, 0.2) is 52.2 Å². The van der Waals surface area contributed by atoms with Crippen molar-refractivity contribution in [1.29, 1.82) is 0 Å². The number of alkyl halides is 3. The molecular weight excluding hydrogens is 479 g/mol. The molecule has 11 heteroatoms. The highest BCUT2D eigenvalue weighted by Crippen LogP contribution is 2.41. The third kappa shape index (κ3) is 3.62. The summed E-state index contributed by atoms with van der Waals surface area (Å²) in [6.45, 7) is 0. The summed E-state index contributed by atoms with van der Waals surface area (Å²) in [6, 6.07) is 7.35. The summed E-state index contributed by atoms with van der Waals surface area (Å²) in [6.07, 6.45) is -2.96. The Morgan fingerprint density at radius 3 is 2.50 bits per heavy atom. The van der Waals surface area contributed by atoms with Crippen LogP contribution in [-0.2, 0) is 23.8 Å². The smallest absolute Gasteiger partial charge is 0.416 e. The molecule has 1 amide bonds. The second-order valence-electron chi connectivity index (χ2n) is 8.87. The average molecular weight is 499 g/mol. The Kier molecular flexibility index (Phi) is 5.38. The van der Waals surface area contributed by atoms with E-state index in [0.29, 0.717) is 12.1 Å². The maximum absolute atomic E-state index is 13.6. The van der Waals surface area contributed by atoms with Gasteiger partial charge in [0.1, 0.15) is 5.56 Å². The third-order valence-electron chi connectivity index (χ3n) is 6.89. The molecule has 1 aromatic heterocycles. The summed E-state index contributed by atoms with van der Waals surface area (Å²) in [4.78, 5) is 52.1. The van der Waals surface area contributed by atoms with Crippen molar-refractivity contribution in [3.05, 3.63) is 91.3 Å². The molecule has 1 N–H and O–H groups in total. The van der Waals surface area contributed by atoms with E-state index in [9.17, 15) is 37.5 Å². The van der Waals surface area contributed by atoms with Crippen LogP contribution in [-0.4, -0.2) is 33.2 Å². The number of aryl methyl sites for hydroxylation is 1. The molecule has 1 atom stereocenters. The van der Waals surface area contributed by atoms with Crippen molar-refractivity contribution in [3.63, 3.8) is 0 Å². The van der Waals surface area contributed by atoms with Crippen LogP contribution in [0.25, 0.3) is 5.69 Å². The molecule has 8 nitrogen and oxygen atoms in total. The van der Waals surface area contributed by atoms with Gasteiger partial charge < -0.3 is 10.0 Å². The van der Waals surface area contributed by atoms with E-state index >= 15 is 0 Å². The molecule has 0 spiro atoms. The van der Waals surface area contributed by atoms with Gasteiger partial charge in [0.15, 0.2) is 0 Å². The molecule has 1 unspecified atom stereocenters. The molecule has 3 aromatic rings. The fourth-order valence-electron chi connectivity index (χ4n) is 5.14. The van der Waals surface area contributed by atoms with Gasteiger partial charge in [0.05, 0.1) is 17.3 Å². The monoisotopic (exact) mass is 499 g/mol. The minimum absolute atomic E-state index is 0.00457. The minimum atomic E-state index is -4.61. The number of aromatic nitrogens is 2. The van der Waals surface area contributed by atoms with E-state index in [1.54, 1.807) is 19.2 Å². The molecule has 2 heterocycles. The van der Waals surface area contributed by atoms with Crippen LogP contribution in [0.1, 0.15) is 51.5 Å². The van der Waals surface area contributed by atoms with E-state index in [1.807, 2.05) is 0 Å². The first-order valence-electron chi connectivity index (χ1n) is 11.2. The lowest BCUT2D eigenvalue weighted by Crippen LogP contribution is -2.44. The molecule has 36 heavy (non-hydrogen) atoms. The Labute approximate surface area is 201 Å². The number of amides is 1. The summed E-state index contributed by atoms with van der Waals surface area (Å²) in [5.74, 6) is -1.62. The second kappa shape index (κ2) is 8.21. The quantitative estimate of drug-likeness (QED) is 0.597. The Morgan fingerprint density at radius 1 is 1.06 bits per heavy atom. The number of hydrogen-bond acceptors (Lipinski definition) is 4. The maximum atomic E-state index is 13.6. The average Bonchev–Trinajstić information content (AvgIpc) is 3.24. The van der Waals surface area contributed by atoms with Gasteiger partial charge in [-0.25, -0.2) is 9.59 Å². The molecule has 1 aliphatic heterocycles. The number of halogens is 3. The number of nitrogens with zero attached hydrogens (tertiary/aromatic N) is 3. The van der Waals surface area contributed by atoms with Gasteiger partial charge in [-0.2, -0.15) is 13.2 Å². The zero-order valence-electron chi connectivity index (χ0n) is 19.0. The van der Waals surface area contributed by atoms with E-state index in [0.717, 1.165) is 27.0 Å². The van der Waals surface area contributed by atoms with E-state index in [-0.39, 0.29) is 42.0 Å². The van der Waals surface area contributed by atoms with Gasteiger partial charge in [0.2, 0.25) is 5.91 Å². The topological polar surface area (TPSA) is 102 Å². The maximum Gasteiger partial charge on any atom is 0.416 e. The number of carboxylic acids is 1. The molecule has 5 rings (SSSR count). The number of carbonyl (C=O) groups excluding carboxylic acids is 1. The molecule has 1 aliphatic carbocycles. The lowest BCUT2D eigenvalue weighted by Gasteiger charge is -2.26. The van der Waals surface area contributed by atoms with Gasteiger partial charge in [0, 0.05) is 25.4 Å². The number of benzene rings is 2. The van der Waals surface area contributed by atoms with Crippen LogP contribution < -0.4 is 16.1 Å². The van der Waals surface area contributed by atoms with Crippen molar-refractivity contribution < 1.29 is 27.9 Å². The van der Waals surface area contributed by atoms with Crippen molar-refractivity contribution in [1.82, 2.24) is 9.13 Å². The molecule has 0 radical (unpaired) electrons. The van der Waals surface area contributed by atoms with Crippen molar-refractivity contribution in [2.45, 2.75) is 37.9 Å². The highest BCUT2D eigenvalue weighted by atomic mass is 19.4. The predicted molar refractivity (Wildman–Crippen MR) is 123 cm³/mol. The zero-order valence-corrected chi connectivity index (χ0v) is 19.0. The molecule has 0 saturated heterocycles. The minimum Gasteiger partial charge on any atom is -0.477 e. The molecule has 0 fully saturated rings. The molecule has 0 saturated carbocycles. The fraction of sp³-hybridized carbons (Fsp3) is 0.280. The third-order valence-corrected chi connectivity index (χ3v) is 6.89. The van der Waals surface area contributed by atoms with Gasteiger partial charge >= 0.3 is 17.8 Å². The number of anilines is 1. The largest absolute Gasteiger partial charge is 0.477 e. The molecular formula is C25H20F3N3O5. The van der Waals surface area contributed by atoms with Gasteiger partial charge in [-0.1, -0.05) is 12.1 Å². The fourth-order valence-corrected chi connectivity index (χ4v) is 5.14. The Hall–Kier alpha value is -4.15. The van der Waals surface area contributed by atoms with Crippen molar-refractivity contribution in [3.8, 4) is 5.69 Å². The van der Waals surface area contributed by atoms with Crippen molar-refractivity contribution in [2.75, 3.05) is 11.9 Å². The van der Waals surface area contributed by atoms with Gasteiger partial charge in [0.25, 0.3) is 5.56 Å². The normalized spacial score (nSPS) is 17.2. The van der Waals surface area contributed by atoms with Crippen LogP contribution in [0.3, 0.4) is 0 Å². The van der Waals surface area contributed by atoms with Crippen molar-refractivity contribution in [2.24, 2.45) is 0 Å². The molecule has 186 valence electrons. The lowest BCUT2D eigenvalue weighted by atomic mass is 10.0. The van der Waals surface area contributed by atoms with Gasteiger partial charge in [-0.05, 0) is 60.2 Å². The summed E-state index contributed by atoms with van der Waals surface area (Å²) in [5.41, 5.74) is -1.60. The first kappa shape index (κ1) is 23.6. The summed E-state index contributed by atoms with van der Waals surface area (Å²) >= 11 is 0. The first-order valence-corrected chi connectivity index (χ1v) is 11.2. The number of rotatable bonds is 3. The number of hydrogen-bond donors (Lipinski definition) is 1. The van der Waals surface area contributed by atoms with Crippen LogP contribution in [0.5, 0.6) is 0 Å². The summed E-state index contributed by atoms with van der Waals surface area (Å²) in [5, 5.41) is 9.68. The van der Waals surface area contributed by atoms with Crippen LogP contribution >= 0.6 is 0 Å². The van der Waals surface area contributed by atoms with Crippen LogP contribution in [0.2, 0.25) is 0 Å².